The van der Waals surface area contributed by atoms with Crippen LogP contribution in [0.3, 0.4) is 0 Å². The van der Waals surface area contributed by atoms with E-state index in [4.69, 9.17) is 0 Å². The highest BCUT2D eigenvalue weighted by molar-refractivity contribution is 4.86. The fraction of sp³-hybridized carbons (Fsp3) is 1.00. The molecule has 2 fully saturated rings. The van der Waals surface area contributed by atoms with Gasteiger partial charge < -0.3 is 9.80 Å². The van der Waals surface area contributed by atoms with Crippen molar-refractivity contribution in [2.24, 2.45) is 0 Å². The molecule has 1 unspecified atom stereocenters. The minimum atomic E-state index is 0.809. The third-order valence-corrected chi connectivity index (χ3v) is 4.21. The molecule has 2 aliphatic rings. The molecule has 0 aromatic heterocycles. The van der Waals surface area contributed by atoms with E-state index in [1.54, 1.807) is 0 Å². The Morgan fingerprint density at radius 1 is 0.867 bits per heavy atom. The van der Waals surface area contributed by atoms with E-state index < -0.39 is 0 Å². The van der Waals surface area contributed by atoms with Gasteiger partial charge in [-0.1, -0.05) is 0 Å². The normalized spacial score (nSPS) is 31.6. The lowest BCUT2D eigenvalue weighted by molar-refractivity contribution is 0.110. The van der Waals surface area contributed by atoms with Crippen LogP contribution in [0.25, 0.3) is 0 Å². The minimum absolute atomic E-state index is 0.809. The largest absolute Gasteiger partial charge is 0.306 e. The van der Waals surface area contributed by atoms with E-state index in [1.165, 1.54) is 45.4 Å². The van der Waals surface area contributed by atoms with Gasteiger partial charge >= 0.3 is 0 Å². The zero-order chi connectivity index (χ0) is 10.8. The first-order valence-electron chi connectivity index (χ1n) is 6.26. The summed E-state index contributed by atoms with van der Waals surface area (Å²) in [6.07, 6.45) is 4.07. The summed E-state index contributed by atoms with van der Waals surface area (Å²) in [5.74, 6) is 0. The zero-order valence-corrected chi connectivity index (χ0v) is 10.4. The van der Waals surface area contributed by atoms with Gasteiger partial charge in [0.2, 0.25) is 0 Å². The molecule has 0 N–H and O–H groups in total. The van der Waals surface area contributed by atoms with Crippen molar-refractivity contribution in [1.82, 2.24) is 14.7 Å². The maximum atomic E-state index is 2.65. The average molecular weight is 211 g/mol. The van der Waals surface area contributed by atoms with Crippen LogP contribution in [0.2, 0.25) is 0 Å². The van der Waals surface area contributed by atoms with Gasteiger partial charge in [-0.05, 0) is 60.0 Å². The highest BCUT2D eigenvalue weighted by atomic mass is 15.3. The van der Waals surface area contributed by atoms with Crippen LogP contribution in [0.15, 0.2) is 0 Å². The predicted octanol–water partition coefficient (Wildman–Crippen LogP) is 0.717. The molecule has 3 nitrogen and oxygen atoms in total. The average Bonchev–Trinajstić information content (AvgIpc) is 2.65. The van der Waals surface area contributed by atoms with E-state index in [1.807, 2.05) is 0 Å². The van der Waals surface area contributed by atoms with E-state index >= 15 is 0 Å². The molecule has 3 heteroatoms. The lowest BCUT2D eigenvalue weighted by Gasteiger charge is -2.38. The first-order chi connectivity index (χ1) is 7.16. The van der Waals surface area contributed by atoms with E-state index in [0.717, 1.165) is 12.1 Å². The number of nitrogens with zero attached hydrogens (tertiary/aromatic N) is 3. The van der Waals surface area contributed by atoms with Gasteiger partial charge in [0.25, 0.3) is 0 Å². The first-order valence-corrected chi connectivity index (χ1v) is 6.26. The van der Waals surface area contributed by atoms with Crippen LogP contribution in [0.5, 0.6) is 0 Å². The van der Waals surface area contributed by atoms with Crippen molar-refractivity contribution in [3.8, 4) is 0 Å². The van der Waals surface area contributed by atoms with Crippen molar-refractivity contribution in [2.45, 2.75) is 31.3 Å². The summed E-state index contributed by atoms with van der Waals surface area (Å²) < 4.78 is 0. The molecule has 2 heterocycles. The Bertz CT molecular complexity index is 199. The van der Waals surface area contributed by atoms with Crippen molar-refractivity contribution in [3.05, 3.63) is 0 Å². The van der Waals surface area contributed by atoms with E-state index in [2.05, 4.69) is 35.8 Å². The van der Waals surface area contributed by atoms with E-state index in [0.29, 0.717) is 0 Å². The van der Waals surface area contributed by atoms with Gasteiger partial charge in [0, 0.05) is 18.6 Å². The second-order valence-electron chi connectivity index (χ2n) is 5.40. The van der Waals surface area contributed by atoms with Gasteiger partial charge in [-0.25, -0.2) is 0 Å². The lowest BCUT2D eigenvalue weighted by Crippen LogP contribution is -2.47. The van der Waals surface area contributed by atoms with Crippen molar-refractivity contribution in [1.29, 1.82) is 0 Å². The van der Waals surface area contributed by atoms with Crippen LogP contribution in [0, 0.1) is 0 Å². The van der Waals surface area contributed by atoms with Gasteiger partial charge in [0.05, 0.1) is 0 Å². The molecule has 2 saturated heterocycles. The summed E-state index contributed by atoms with van der Waals surface area (Å²) in [4.78, 5) is 7.55. The molecule has 0 aromatic rings. The zero-order valence-electron chi connectivity index (χ0n) is 10.4. The van der Waals surface area contributed by atoms with Crippen LogP contribution < -0.4 is 0 Å². The standard InChI is InChI=1S/C12H25N3/c1-13-7-4-11(5-8-13)15(3)12-6-9-14(2)10-12/h11-12H,4-10H2,1-3H3. The number of hydrogen-bond acceptors (Lipinski definition) is 3. The maximum Gasteiger partial charge on any atom is 0.0235 e. The Morgan fingerprint density at radius 3 is 1.93 bits per heavy atom. The topological polar surface area (TPSA) is 9.72 Å². The van der Waals surface area contributed by atoms with Gasteiger partial charge in [0.15, 0.2) is 0 Å². The fourth-order valence-electron chi connectivity index (χ4n) is 2.94. The monoisotopic (exact) mass is 211 g/mol. The number of likely N-dealkylation sites (tertiary alicyclic amines) is 2. The summed E-state index contributed by atoms with van der Waals surface area (Å²) in [7, 11) is 6.81. The van der Waals surface area contributed by atoms with Crippen molar-refractivity contribution < 1.29 is 0 Å². The van der Waals surface area contributed by atoms with Gasteiger partial charge in [-0.15, -0.1) is 0 Å². The molecule has 0 saturated carbocycles. The van der Waals surface area contributed by atoms with Crippen molar-refractivity contribution in [2.75, 3.05) is 47.3 Å². The summed E-state index contributed by atoms with van der Waals surface area (Å²) in [5.41, 5.74) is 0. The van der Waals surface area contributed by atoms with Gasteiger partial charge in [-0.3, -0.25) is 4.90 Å². The summed E-state index contributed by atoms with van der Waals surface area (Å²) in [6.45, 7) is 5.10. The Kier molecular flexibility index (Phi) is 3.65. The minimum Gasteiger partial charge on any atom is -0.306 e. The quantitative estimate of drug-likeness (QED) is 0.666. The Hall–Kier alpha value is -0.120. The van der Waals surface area contributed by atoms with Crippen LogP contribution in [-0.4, -0.2) is 74.1 Å². The van der Waals surface area contributed by atoms with Crippen molar-refractivity contribution in [3.63, 3.8) is 0 Å². The smallest absolute Gasteiger partial charge is 0.0235 e. The number of rotatable bonds is 2. The molecule has 15 heavy (non-hydrogen) atoms. The van der Waals surface area contributed by atoms with Crippen LogP contribution in [0.1, 0.15) is 19.3 Å². The Morgan fingerprint density at radius 2 is 1.40 bits per heavy atom. The molecule has 88 valence electrons. The van der Waals surface area contributed by atoms with E-state index in [-0.39, 0.29) is 0 Å². The number of likely N-dealkylation sites (N-methyl/N-ethyl adjacent to an activating group) is 2. The highest BCUT2D eigenvalue weighted by Crippen LogP contribution is 2.20. The summed E-state index contributed by atoms with van der Waals surface area (Å²) >= 11 is 0. The molecule has 2 aliphatic heterocycles. The van der Waals surface area contributed by atoms with E-state index in [9.17, 15) is 0 Å². The summed E-state index contributed by atoms with van der Waals surface area (Å²) in [5, 5.41) is 0. The molecule has 0 aliphatic carbocycles. The SMILES string of the molecule is CN1CCC(N(C)C2CCN(C)C2)CC1. The highest BCUT2D eigenvalue weighted by Gasteiger charge is 2.29. The molecule has 0 aromatic carbocycles. The van der Waals surface area contributed by atoms with Crippen LogP contribution in [0.4, 0.5) is 0 Å². The van der Waals surface area contributed by atoms with Crippen LogP contribution >= 0.6 is 0 Å². The predicted molar refractivity (Wildman–Crippen MR) is 64.2 cm³/mol. The molecule has 0 bridgehead atoms. The summed E-state index contributed by atoms with van der Waals surface area (Å²) in [6, 6.07) is 1.64. The molecule has 2 rings (SSSR count). The molecule has 0 spiro atoms. The van der Waals surface area contributed by atoms with Crippen molar-refractivity contribution >= 4 is 0 Å². The third kappa shape index (κ3) is 2.71. The molecule has 0 amide bonds. The Labute approximate surface area is 94.0 Å². The number of piperidine rings is 1. The Balaban J connectivity index is 1.82. The second kappa shape index (κ2) is 4.81. The maximum absolute atomic E-state index is 2.65. The molecular formula is C12H25N3. The van der Waals surface area contributed by atoms with Crippen LogP contribution in [-0.2, 0) is 0 Å². The first kappa shape index (κ1) is 11.4. The van der Waals surface area contributed by atoms with Gasteiger partial charge in [0.1, 0.15) is 0 Å². The second-order valence-corrected chi connectivity index (χ2v) is 5.40. The molecule has 0 radical (unpaired) electrons. The fourth-order valence-corrected chi connectivity index (χ4v) is 2.94. The van der Waals surface area contributed by atoms with Gasteiger partial charge in [-0.2, -0.15) is 0 Å². The molecule has 1 atom stereocenters. The molecular weight excluding hydrogens is 186 g/mol. The number of hydrogen-bond donors (Lipinski definition) is 0. The lowest BCUT2D eigenvalue weighted by atomic mass is 10.0. The third-order valence-electron chi connectivity index (χ3n) is 4.21.